The molecule has 0 aromatic carbocycles. The summed E-state index contributed by atoms with van der Waals surface area (Å²) < 4.78 is 15.4. The first-order valence-corrected chi connectivity index (χ1v) is 6.60. The lowest BCUT2D eigenvalue weighted by molar-refractivity contribution is -0.140. The number of esters is 1. The number of thioether (sulfide) groups is 1. The van der Waals surface area contributed by atoms with Crippen LogP contribution in [0, 0.1) is 0 Å². The fourth-order valence-electron chi connectivity index (χ4n) is 1.14. The Morgan fingerprint density at radius 1 is 1.25 bits per heavy atom. The van der Waals surface area contributed by atoms with Crippen LogP contribution in [0.4, 0.5) is 0 Å². The molecule has 0 amide bonds. The van der Waals surface area contributed by atoms with Gasteiger partial charge < -0.3 is 14.2 Å². The van der Waals surface area contributed by atoms with Crippen LogP contribution in [0.25, 0.3) is 0 Å². The Bertz CT molecular complexity index is 181. The molecule has 0 aliphatic carbocycles. The third-order valence-corrected chi connectivity index (χ3v) is 3.10. The second kappa shape index (κ2) is 9.93. The molecule has 0 aliphatic heterocycles. The van der Waals surface area contributed by atoms with Crippen LogP contribution < -0.4 is 0 Å². The van der Waals surface area contributed by atoms with Gasteiger partial charge in [-0.3, -0.25) is 4.79 Å². The van der Waals surface area contributed by atoms with Crippen LogP contribution in [-0.4, -0.2) is 43.6 Å². The van der Waals surface area contributed by atoms with Gasteiger partial charge in [0.25, 0.3) is 0 Å². The third kappa shape index (κ3) is 7.96. The number of hydrogen-bond donors (Lipinski definition) is 0. The van der Waals surface area contributed by atoms with E-state index in [1.807, 2.05) is 20.8 Å². The van der Waals surface area contributed by atoms with Crippen LogP contribution in [0.3, 0.4) is 0 Å². The Morgan fingerprint density at radius 2 is 1.81 bits per heavy atom. The lowest BCUT2D eigenvalue weighted by Crippen LogP contribution is -2.22. The average Bonchev–Trinajstić information content (AvgIpc) is 2.26. The Kier molecular flexibility index (Phi) is 9.77. The quantitative estimate of drug-likeness (QED) is 0.463. The van der Waals surface area contributed by atoms with E-state index in [1.165, 1.54) is 7.11 Å². The monoisotopic (exact) mass is 250 g/mol. The highest BCUT2D eigenvalue weighted by Gasteiger charge is 2.14. The summed E-state index contributed by atoms with van der Waals surface area (Å²) >= 11 is 1.66. The molecule has 0 radical (unpaired) electrons. The summed E-state index contributed by atoms with van der Waals surface area (Å²) in [6, 6.07) is 0. The first-order chi connectivity index (χ1) is 7.63. The van der Waals surface area contributed by atoms with Crippen LogP contribution in [0.2, 0.25) is 0 Å². The number of carbonyl (C=O) groups is 1. The summed E-state index contributed by atoms with van der Waals surface area (Å²) in [4.78, 5) is 11.0. The van der Waals surface area contributed by atoms with Gasteiger partial charge in [-0.15, -0.1) is 0 Å². The van der Waals surface area contributed by atoms with Crippen molar-refractivity contribution in [1.29, 1.82) is 0 Å². The fourth-order valence-corrected chi connectivity index (χ4v) is 2.07. The number of rotatable bonds is 9. The Labute approximate surface area is 102 Å². The number of ether oxygens (including phenoxy) is 3. The SMILES string of the molecule is CCOC(CSC(C)CC(=O)OC)OCC. The summed E-state index contributed by atoms with van der Waals surface area (Å²) in [6.45, 7) is 7.15. The zero-order chi connectivity index (χ0) is 12.4. The van der Waals surface area contributed by atoms with Crippen molar-refractivity contribution in [3.05, 3.63) is 0 Å². The highest BCUT2D eigenvalue weighted by molar-refractivity contribution is 7.99. The summed E-state index contributed by atoms with van der Waals surface area (Å²) in [5.74, 6) is 0.559. The van der Waals surface area contributed by atoms with Crippen molar-refractivity contribution in [1.82, 2.24) is 0 Å². The lowest BCUT2D eigenvalue weighted by Gasteiger charge is -2.18. The van der Waals surface area contributed by atoms with E-state index in [2.05, 4.69) is 4.74 Å². The minimum atomic E-state index is -0.180. The van der Waals surface area contributed by atoms with Crippen molar-refractivity contribution in [3.8, 4) is 0 Å². The molecule has 0 aromatic heterocycles. The maximum absolute atomic E-state index is 11.0. The van der Waals surface area contributed by atoms with Gasteiger partial charge in [0, 0.05) is 24.2 Å². The van der Waals surface area contributed by atoms with E-state index in [-0.39, 0.29) is 17.5 Å². The lowest BCUT2D eigenvalue weighted by atomic mass is 10.3. The zero-order valence-electron chi connectivity index (χ0n) is 10.5. The van der Waals surface area contributed by atoms with Gasteiger partial charge in [-0.2, -0.15) is 11.8 Å². The summed E-state index contributed by atoms with van der Waals surface area (Å²) in [7, 11) is 1.41. The maximum Gasteiger partial charge on any atom is 0.306 e. The van der Waals surface area contributed by atoms with E-state index < -0.39 is 0 Å². The van der Waals surface area contributed by atoms with E-state index in [4.69, 9.17) is 9.47 Å². The van der Waals surface area contributed by atoms with Crippen LogP contribution in [0.15, 0.2) is 0 Å². The summed E-state index contributed by atoms with van der Waals surface area (Å²) in [6.07, 6.45) is 0.242. The molecular formula is C11H22O4S. The standard InChI is InChI=1S/C11H22O4S/c1-5-14-11(15-6-2)8-16-9(3)7-10(12)13-4/h9,11H,5-8H2,1-4H3. The van der Waals surface area contributed by atoms with Crippen LogP contribution >= 0.6 is 11.8 Å². The van der Waals surface area contributed by atoms with Crippen LogP contribution in [0.1, 0.15) is 27.2 Å². The third-order valence-electron chi connectivity index (χ3n) is 1.90. The molecule has 0 bridgehead atoms. The molecule has 16 heavy (non-hydrogen) atoms. The topological polar surface area (TPSA) is 44.8 Å². The molecule has 1 unspecified atom stereocenters. The van der Waals surface area contributed by atoms with Crippen molar-refractivity contribution in [2.24, 2.45) is 0 Å². The molecule has 96 valence electrons. The zero-order valence-corrected chi connectivity index (χ0v) is 11.3. The first kappa shape index (κ1) is 15.7. The molecule has 0 rings (SSSR count). The van der Waals surface area contributed by atoms with Crippen molar-refractivity contribution in [2.75, 3.05) is 26.1 Å². The highest BCUT2D eigenvalue weighted by Crippen LogP contribution is 2.17. The largest absolute Gasteiger partial charge is 0.469 e. The number of carbonyl (C=O) groups excluding carboxylic acids is 1. The Hall–Kier alpha value is -0.260. The van der Waals surface area contributed by atoms with E-state index in [1.54, 1.807) is 11.8 Å². The summed E-state index contributed by atoms with van der Waals surface area (Å²) in [5, 5.41) is 0.218. The molecule has 1 atom stereocenters. The normalized spacial score (nSPS) is 12.8. The van der Waals surface area contributed by atoms with E-state index in [0.717, 1.165) is 5.75 Å². The maximum atomic E-state index is 11.0. The molecule has 0 fully saturated rings. The van der Waals surface area contributed by atoms with Crippen molar-refractivity contribution >= 4 is 17.7 Å². The predicted octanol–water partition coefficient (Wildman–Crippen LogP) is 2.07. The van der Waals surface area contributed by atoms with Gasteiger partial charge in [0.1, 0.15) is 0 Å². The van der Waals surface area contributed by atoms with Crippen molar-refractivity contribution < 1.29 is 19.0 Å². The molecule has 4 nitrogen and oxygen atoms in total. The van der Waals surface area contributed by atoms with E-state index in [9.17, 15) is 4.79 Å². The molecule has 0 aliphatic rings. The molecule has 0 spiro atoms. The summed E-state index contributed by atoms with van der Waals surface area (Å²) in [5.41, 5.74) is 0. The van der Waals surface area contributed by atoms with Crippen molar-refractivity contribution in [3.63, 3.8) is 0 Å². The Morgan fingerprint density at radius 3 is 2.25 bits per heavy atom. The second-order valence-corrected chi connectivity index (χ2v) is 4.74. The van der Waals surface area contributed by atoms with Gasteiger partial charge in [-0.25, -0.2) is 0 Å². The minimum absolute atomic E-state index is 0.177. The van der Waals surface area contributed by atoms with Gasteiger partial charge in [-0.1, -0.05) is 6.92 Å². The predicted molar refractivity (Wildman–Crippen MR) is 65.6 cm³/mol. The van der Waals surface area contributed by atoms with Crippen molar-refractivity contribution in [2.45, 2.75) is 38.7 Å². The Balaban J connectivity index is 3.76. The molecule has 0 saturated carbocycles. The molecule has 0 saturated heterocycles. The molecular weight excluding hydrogens is 228 g/mol. The number of hydrogen-bond acceptors (Lipinski definition) is 5. The van der Waals surface area contributed by atoms with Gasteiger partial charge in [0.15, 0.2) is 6.29 Å². The second-order valence-electron chi connectivity index (χ2n) is 3.26. The fraction of sp³-hybridized carbons (Fsp3) is 0.909. The van der Waals surface area contributed by atoms with Crippen LogP contribution in [0.5, 0.6) is 0 Å². The molecule has 0 heterocycles. The van der Waals surface area contributed by atoms with E-state index in [0.29, 0.717) is 19.6 Å². The first-order valence-electron chi connectivity index (χ1n) is 5.55. The highest BCUT2D eigenvalue weighted by atomic mass is 32.2. The molecule has 5 heteroatoms. The van der Waals surface area contributed by atoms with Gasteiger partial charge in [0.2, 0.25) is 0 Å². The minimum Gasteiger partial charge on any atom is -0.469 e. The van der Waals surface area contributed by atoms with Gasteiger partial charge in [-0.05, 0) is 13.8 Å². The average molecular weight is 250 g/mol. The smallest absolute Gasteiger partial charge is 0.306 e. The van der Waals surface area contributed by atoms with E-state index >= 15 is 0 Å². The van der Waals surface area contributed by atoms with Gasteiger partial charge in [0.05, 0.1) is 13.5 Å². The van der Waals surface area contributed by atoms with Gasteiger partial charge >= 0.3 is 5.97 Å². The number of methoxy groups -OCH3 is 1. The molecule has 0 N–H and O–H groups in total. The molecule has 0 aromatic rings. The van der Waals surface area contributed by atoms with Crippen LogP contribution in [-0.2, 0) is 19.0 Å².